The van der Waals surface area contributed by atoms with E-state index in [2.05, 4.69) is 10.6 Å². The van der Waals surface area contributed by atoms with Gasteiger partial charge in [-0.25, -0.2) is 9.18 Å². The summed E-state index contributed by atoms with van der Waals surface area (Å²) in [5, 5.41) is 5.73. The van der Waals surface area contributed by atoms with Crippen molar-refractivity contribution in [1.29, 1.82) is 0 Å². The molecular formula is C28H28FN3O4. The molecule has 186 valence electrons. The normalized spacial score (nSPS) is 16.9. The molecule has 4 rings (SSSR count). The number of nitrogens with zero attached hydrogens (tertiary/aromatic N) is 1. The number of anilines is 1. The van der Waals surface area contributed by atoms with Crippen LogP contribution in [0, 0.1) is 5.82 Å². The van der Waals surface area contributed by atoms with Gasteiger partial charge in [-0.3, -0.25) is 14.5 Å². The lowest BCUT2D eigenvalue weighted by atomic mass is 10.00. The summed E-state index contributed by atoms with van der Waals surface area (Å²) in [6.45, 7) is 2.31. The molecule has 0 radical (unpaired) electrons. The molecule has 3 aromatic rings. The maximum Gasteiger partial charge on any atom is 0.411 e. The number of nitrogens with one attached hydrogen (secondary N) is 2. The van der Waals surface area contributed by atoms with Crippen molar-refractivity contribution in [3.05, 3.63) is 101 Å². The monoisotopic (exact) mass is 489 g/mol. The fraction of sp³-hybridized carbons (Fsp3) is 0.250. The Kier molecular flexibility index (Phi) is 7.95. The van der Waals surface area contributed by atoms with Crippen molar-refractivity contribution in [2.75, 3.05) is 5.32 Å². The van der Waals surface area contributed by atoms with Crippen LogP contribution in [-0.2, 0) is 27.4 Å². The van der Waals surface area contributed by atoms with E-state index in [9.17, 15) is 18.8 Å². The van der Waals surface area contributed by atoms with Crippen LogP contribution in [0.25, 0.3) is 0 Å². The minimum absolute atomic E-state index is 0.0822. The fourth-order valence-electron chi connectivity index (χ4n) is 4.09. The third-order valence-electron chi connectivity index (χ3n) is 5.93. The van der Waals surface area contributed by atoms with Crippen molar-refractivity contribution in [2.24, 2.45) is 0 Å². The van der Waals surface area contributed by atoms with Crippen molar-refractivity contribution in [3.63, 3.8) is 0 Å². The Balaban J connectivity index is 1.56. The van der Waals surface area contributed by atoms with E-state index in [0.717, 1.165) is 12.0 Å². The van der Waals surface area contributed by atoms with Crippen LogP contribution < -0.4 is 10.6 Å². The van der Waals surface area contributed by atoms with Crippen molar-refractivity contribution < 1.29 is 23.5 Å². The molecule has 0 aromatic heterocycles. The fourth-order valence-corrected chi connectivity index (χ4v) is 4.09. The Hall–Kier alpha value is -4.20. The molecule has 1 heterocycles. The molecule has 0 aliphatic carbocycles. The van der Waals surface area contributed by atoms with Gasteiger partial charge in [-0.1, -0.05) is 61.5 Å². The van der Waals surface area contributed by atoms with E-state index in [1.54, 1.807) is 36.4 Å². The first kappa shape index (κ1) is 24.9. The Morgan fingerprint density at radius 3 is 2.31 bits per heavy atom. The number of halogens is 1. The van der Waals surface area contributed by atoms with Gasteiger partial charge in [-0.05, 0) is 47.4 Å². The number of rotatable bonds is 9. The molecule has 36 heavy (non-hydrogen) atoms. The van der Waals surface area contributed by atoms with Crippen LogP contribution >= 0.6 is 0 Å². The summed E-state index contributed by atoms with van der Waals surface area (Å²) < 4.78 is 19.1. The highest BCUT2D eigenvalue weighted by Gasteiger charge is 2.46. The van der Waals surface area contributed by atoms with E-state index in [4.69, 9.17) is 4.74 Å². The summed E-state index contributed by atoms with van der Waals surface area (Å²) in [6, 6.07) is 21.2. The maximum atomic E-state index is 13.4. The van der Waals surface area contributed by atoms with Crippen molar-refractivity contribution in [1.82, 2.24) is 10.2 Å². The van der Waals surface area contributed by atoms with Crippen LogP contribution in [0.15, 0.2) is 78.9 Å². The van der Waals surface area contributed by atoms with Gasteiger partial charge in [-0.15, -0.1) is 0 Å². The van der Waals surface area contributed by atoms with Gasteiger partial charge in [0.05, 0.1) is 6.54 Å². The lowest BCUT2D eigenvalue weighted by molar-refractivity contribution is -0.126. The molecule has 0 spiro atoms. The van der Waals surface area contributed by atoms with Gasteiger partial charge in [-0.2, -0.15) is 0 Å². The second-order valence-corrected chi connectivity index (χ2v) is 8.63. The molecule has 2 N–H and O–H groups in total. The summed E-state index contributed by atoms with van der Waals surface area (Å²) in [5.41, 5.74) is 2.84. The molecule has 2 atom stereocenters. The van der Waals surface area contributed by atoms with Crippen molar-refractivity contribution >= 4 is 23.6 Å². The molecule has 3 amide bonds. The van der Waals surface area contributed by atoms with Crippen LogP contribution in [0.4, 0.5) is 14.9 Å². The third-order valence-corrected chi connectivity index (χ3v) is 5.93. The highest BCUT2D eigenvalue weighted by atomic mass is 19.1. The SMILES string of the molecule is CCCC(=O)Nc1ccc([C@@H]2OC(=O)N(Cc3ccc(F)cc3)[C@@H]2C(=O)NCc2ccccc2)cc1. The average molecular weight is 490 g/mol. The highest BCUT2D eigenvalue weighted by Crippen LogP contribution is 2.34. The van der Waals surface area contributed by atoms with Crippen LogP contribution in [0.1, 0.15) is 42.6 Å². The standard InChI is InChI=1S/C28H28FN3O4/c1-2-6-24(33)31-23-15-11-21(12-16-23)26-25(27(34)30-17-19-7-4-3-5-8-19)32(28(35)36-26)18-20-9-13-22(29)14-10-20/h3-5,7-16,25-26H,2,6,17-18H2,1H3,(H,30,34)(H,31,33)/t25-,26-/m0/s1. The summed E-state index contributed by atoms with van der Waals surface area (Å²) >= 11 is 0. The van der Waals surface area contributed by atoms with Gasteiger partial charge >= 0.3 is 6.09 Å². The van der Waals surface area contributed by atoms with E-state index >= 15 is 0 Å². The number of hydrogen-bond donors (Lipinski definition) is 2. The van der Waals surface area contributed by atoms with Gasteiger partial charge in [0.2, 0.25) is 11.8 Å². The van der Waals surface area contributed by atoms with Crippen molar-refractivity contribution in [2.45, 2.75) is 45.0 Å². The second-order valence-electron chi connectivity index (χ2n) is 8.63. The molecule has 0 unspecified atom stereocenters. The van der Waals surface area contributed by atoms with Gasteiger partial charge in [0.1, 0.15) is 5.82 Å². The molecule has 3 aromatic carbocycles. The molecule has 1 saturated heterocycles. The zero-order chi connectivity index (χ0) is 25.5. The maximum absolute atomic E-state index is 13.4. The van der Waals surface area contributed by atoms with E-state index in [1.165, 1.54) is 17.0 Å². The van der Waals surface area contributed by atoms with E-state index in [1.807, 2.05) is 37.3 Å². The van der Waals surface area contributed by atoms with Gasteiger partial charge in [0.15, 0.2) is 12.1 Å². The summed E-state index contributed by atoms with van der Waals surface area (Å²) in [4.78, 5) is 39.5. The molecule has 1 fully saturated rings. The number of carbonyl (C=O) groups excluding carboxylic acids is 3. The molecular weight excluding hydrogens is 461 g/mol. The summed E-state index contributed by atoms with van der Waals surface area (Å²) in [5.74, 6) is -0.831. The van der Waals surface area contributed by atoms with Gasteiger partial charge < -0.3 is 15.4 Å². The predicted octanol–water partition coefficient (Wildman–Crippen LogP) is 4.94. The first-order valence-electron chi connectivity index (χ1n) is 11.9. The summed E-state index contributed by atoms with van der Waals surface area (Å²) in [6.07, 6.45) is -0.325. The molecule has 0 saturated carbocycles. The molecule has 8 heteroatoms. The highest BCUT2D eigenvalue weighted by molar-refractivity contribution is 5.91. The topological polar surface area (TPSA) is 87.7 Å². The van der Waals surface area contributed by atoms with E-state index in [-0.39, 0.29) is 24.2 Å². The van der Waals surface area contributed by atoms with Gasteiger partial charge in [0, 0.05) is 18.7 Å². The largest absolute Gasteiger partial charge is 0.438 e. The Labute approximate surface area is 209 Å². The minimum atomic E-state index is -0.938. The van der Waals surface area contributed by atoms with Crippen LogP contribution in [-0.4, -0.2) is 28.8 Å². The minimum Gasteiger partial charge on any atom is -0.438 e. The number of ether oxygens (including phenoxy) is 1. The zero-order valence-corrected chi connectivity index (χ0v) is 19.9. The van der Waals surface area contributed by atoms with E-state index < -0.39 is 18.2 Å². The van der Waals surface area contributed by atoms with Gasteiger partial charge in [0.25, 0.3) is 0 Å². The van der Waals surface area contributed by atoms with Crippen LogP contribution in [0.5, 0.6) is 0 Å². The first-order chi connectivity index (χ1) is 17.4. The number of hydrogen-bond acceptors (Lipinski definition) is 4. The van der Waals surface area contributed by atoms with Crippen LogP contribution in [0.2, 0.25) is 0 Å². The molecule has 1 aliphatic rings. The lowest BCUT2D eigenvalue weighted by Gasteiger charge is -2.24. The number of carbonyl (C=O) groups is 3. The molecule has 0 bridgehead atoms. The number of cyclic esters (lactones) is 1. The van der Waals surface area contributed by atoms with Crippen molar-refractivity contribution in [3.8, 4) is 0 Å². The Bertz CT molecular complexity index is 1200. The number of amides is 3. The number of benzene rings is 3. The average Bonchev–Trinajstić information content (AvgIpc) is 3.21. The predicted molar refractivity (Wildman–Crippen MR) is 133 cm³/mol. The molecule has 1 aliphatic heterocycles. The second kappa shape index (κ2) is 11.5. The first-order valence-corrected chi connectivity index (χ1v) is 11.9. The zero-order valence-electron chi connectivity index (χ0n) is 19.9. The van der Waals surface area contributed by atoms with E-state index in [0.29, 0.717) is 29.8 Å². The third kappa shape index (κ3) is 6.07. The Morgan fingerprint density at radius 2 is 1.64 bits per heavy atom. The summed E-state index contributed by atoms with van der Waals surface area (Å²) in [7, 11) is 0. The smallest absolute Gasteiger partial charge is 0.411 e. The molecule has 7 nitrogen and oxygen atoms in total. The Morgan fingerprint density at radius 1 is 0.944 bits per heavy atom. The quantitative estimate of drug-likeness (QED) is 0.446. The lowest BCUT2D eigenvalue weighted by Crippen LogP contribution is -2.46. The van der Waals surface area contributed by atoms with Crippen LogP contribution in [0.3, 0.4) is 0 Å².